The average Bonchev–Trinajstić information content (AvgIpc) is 2.05. The first kappa shape index (κ1) is 7.87. The van der Waals surface area contributed by atoms with Crippen LogP contribution in [-0.4, -0.2) is 11.9 Å². The lowest BCUT2D eigenvalue weighted by molar-refractivity contribution is -0.126. The Morgan fingerprint density at radius 2 is 2.64 bits per heavy atom. The molecule has 2 heteroatoms. The fourth-order valence-electron chi connectivity index (χ4n) is 1.01. The highest BCUT2D eigenvalue weighted by Gasteiger charge is 2.18. The molecule has 0 radical (unpaired) electrons. The molecule has 0 aromatic rings. The van der Waals surface area contributed by atoms with Crippen molar-refractivity contribution in [1.82, 2.24) is 0 Å². The van der Waals surface area contributed by atoms with Crippen molar-refractivity contribution in [2.75, 3.05) is 0 Å². The zero-order chi connectivity index (χ0) is 8.27. The number of hydrogen-bond acceptors (Lipinski definition) is 2. The molecule has 0 spiro atoms. The highest BCUT2D eigenvalue weighted by atomic mass is 16.5. The van der Waals surface area contributed by atoms with E-state index in [2.05, 4.69) is 5.92 Å². The van der Waals surface area contributed by atoms with E-state index in [9.17, 15) is 4.79 Å². The molecule has 11 heavy (non-hydrogen) atoms. The lowest BCUT2D eigenvalue weighted by atomic mass is 10.1. The predicted molar refractivity (Wildman–Crippen MR) is 41.7 cm³/mol. The normalized spacial score (nSPS) is 22.9. The van der Waals surface area contributed by atoms with Crippen LogP contribution in [0.2, 0.25) is 0 Å². The number of rotatable bonds is 1. The van der Waals surface area contributed by atoms with Crippen molar-refractivity contribution in [3.8, 4) is 12.3 Å². The Balaban J connectivity index is 2.62. The van der Waals surface area contributed by atoms with Gasteiger partial charge in [-0.05, 0) is 31.8 Å². The van der Waals surface area contributed by atoms with E-state index < -0.39 is 0 Å². The number of Topliss-reactive ketones (excluding diaryl/α,β-unsaturated/α-hetero) is 1. The van der Waals surface area contributed by atoms with E-state index in [0.29, 0.717) is 5.76 Å². The molecule has 0 aromatic carbocycles. The number of ether oxygens (including phenoxy) is 1. The van der Waals surface area contributed by atoms with Crippen molar-refractivity contribution in [2.24, 2.45) is 0 Å². The second-order valence-corrected chi connectivity index (χ2v) is 2.51. The number of ketones is 1. The molecule has 1 rings (SSSR count). The Bertz CT molecular complexity index is 232. The van der Waals surface area contributed by atoms with Crippen LogP contribution in [0.5, 0.6) is 0 Å². The van der Waals surface area contributed by atoms with Crippen LogP contribution in [0.25, 0.3) is 0 Å². The Labute approximate surface area is 66.2 Å². The van der Waals surface area contributed by atoms with Gasteiger partial charge in [0.05, 0.1) is 0 Å². The minimum Gasteiger partial charge on any atom is -0.475 e. The predicted octanol–water partition coefficient (Wildman–Crippen LogP) is 1.27. The van der Waals surface area contributed by atoms with Gasteiger partial charge in [0.25, 0.3) is 0 Å². The van der Waals surface area contributed by atoms with Gasteiger partial charge >= 0.3 is 0 Å². The molecule has 1 aliphatic heterocycles. The Hall–Kier alpha value is -1.23. The first-order valence-electron chi connectivity index (χ1n) is 3.58. The molecule has 0 amide bonds. The minimum absolute atomic E-state index is 0.0471. The molecule has 58 valence electrons. The van der Waals surface area contributed by atoms with Crippen LogP contribution in [-0.2, 0) is 9.53 Å². The maximum absolute atomic E-state index is 10.8. The van der Waals surface area contributed by atoms with Gasteiger partial charge in [-0.3, -0.25) is 4.79 Å². The van der Waals surface area contributed by atoms with Crippen LogP contribution in [0.3, 0.4) is 0 Å². The molecule has 0 aromatic heterocycles. The number of carbonyl (C=O) groups is 1. The van der Waals surface area contributed by atoms with E-state index in [1.54, 1.807) is 0 Å². The summed E-state index contributed by atoms with van der Waals surface area (Å²) in [7, 11) is 0. The van der Waals surface area contributed by atoms with Crippen molar-refractivity contribution in [1.29, 1.82) is 0 Å². The quantitative estimate of drug-likeness (QED) is 0.526. The number of hydrogen-bond donors (Lipinski definition) is 0. The molecule has 2 nitrogen and oxygen atoms in total. The molecular formula is C9H10O2. The van der Waals surface area contributed by atoms with Gasteiger partial charge in [-0.15, -0.1) is 6.42 Å². The lowest BCUT2D eigenvalue weighted by Gasteiger charge is -2.19. The third-order valence-corrected chi connectivity index (χ3v) is 1.62. The van der Waals surface area contributed by atoms with Crippen molar-refractivity contribution in [3.05, 3.63) is 11.8 Å². The summed E-state index contributed by atoms with van der Waals surface area (Å²) in [6.07, 6.45) is 8.22. The Morgan fingerprint density at radius 3 is 3.18 bits per heavy atom. The van der Waals surface area contributed by atoms with E-state index in [1.807, 2.05) is 6.08 Å². The molecular weight excluding hydrogens is 140 g/mol. The van der Waals surface area contributed by atoms with Crippen molar-refractivity contribution < 1.29 is 9.53 Å². The molecule has 0 unspecified atom stereocenters. The van der Waals surface area contributed by atoms with E-state index in [1.165, 1.54) is 6.92 Å². The molecule has 1 atom stereocenters. The summed E-state index contributed by atoms with van der Waals surface area (Å²) in [6.45, 7) is 1.52. The smallest absolute Gasteiger partial charge is 0.170 e. The summed E-state index contributed by atoms with van der Waals surface area (Å²) < 4.78 is 5.17. The SMILES string of the molecule is C#CC1=CCC[C@H](C(C)=O)O1. The summed E-state index contributed by atoms with van der Waals surface area (Å²) in [5, 5.41) is 0. The third-order valence-electron chi connectivity index (χ3n) is 1.62. The van der Waals surface area contributed by atoms with Gasteiger partial charge in [-0.1, -0.05) is 0 Å². The fourth-order valence-corrected chi connectivity index (χ4v) is 1.01. The Morgan fingerprint density at radius 1 is 1.91 bits per heavy atom. The number of carbonyl (C=O) groups excluding carboxylic acids is 1. The topological polar surface area (TPSA) is 26.3 Å². The van der Waals surface area contributed by atoms with Crippen molar-refractivity contribution in [3.63, 3.8) is 0 Å². The van der Waals surface area contributed by atoms with Gasteiger partial charge < -0.3 is 4.74 Å². The van der Waals surface area contributed by atoms with Gasteiger partial charge in [0.1, 0.15) is 0 Å². The minimum atomic E-state index is -0.314. The zero-order valence-corrected chi connectivity index (χ0v) is 6.46. The van der Waals surface area contributed by atoms with Gasteiger partial charge in [0.2, 0.25) is 0 Å². The van der Waals surface area contributed by atoms with E-state index in [4.69, 9.17) is 11.2 Å². The second-order valence-electron chi connectivity index (χ2n) is 2.51. The zero-order valence-electron chi connectivity index (χ0n) is 6.46. The van der Waals surface area contributed by atoms with Gasteiger partial charge in [0.15, 0.2) is 17.6 Å². The molecule has 0 fully saturated rings. The molecule has 0 aliphatic carbocycles. The van der Waals surface area contributed by atoms with Crippen LogP contribution < -0.4 is 0 Å². The highest BCUT2D eigenvalue weighted by Crippen LogP contribution is 2.16. The van der Waals surface area contributed by atoms with Crippen LogP contribution in [0.4, 0.5) is 0 Å². The molecule has 0 bridgehead atoms. The standard InChI is InChI=1S/C9H10O2/c1-3-8-5-4-6-9(11-8)7(2)10/h1,5,9H,4,6H2,2H3/t9-/m1/s1. The van der Waals surface area contributed by atoms with Gasteiger partial charge in [-0.25, -0.2) is 0 Å². The fraction of sp³-hybridized carbons (Fsp3) is 0.444. The summed E-state index contributed by atoms with van der Waals surface area (Å²) in [4.78, 5) is 10.8. The molecule has 0 N–H and O–H groups in total. The van der Waals surface area contributed by atoms with Gasteiger partial charge in [0, 0.05) is 0 Å². The summed E-state index contributed by atoms with van der Waals surface area (Å²) in [6, 6.07) is 0. The molecule has 0 saturated heterocycles. The molecule has 1 heterocycles. The maximum Gasteiger partial charge on any atom is 0.170 e. The van der Waals surface area contributed by atoms with E-state index >= 15 is 0 Å². The average molecular weight is 150 g/mol. The summed E-state index contributed by atoms with van der Waals surface area (Å²) in [5.74, 6) is 2.92. The second kappa shape index (κ2) is 3.25. The van der Waals surface area contributed by atoms with Crippen LogP contribution >= 0.6 is 0 Å². The first-order chi connectivity index (χ1) is 5.24. The molecule has 1 aliphatic rings. The van der Waals surface area contributed by atoms with Crippen LogP contribution in [0.15, 0.2) is 11.8 Å². The van der Waals surface area contributed by atoms with Crippen LogP contribution in [0, 0.1) is 12.3 Å². The highest BCUT2D eigenvalue weighted by molar-refractivity contribution is 5.80. The monoisotopic (exact) mass is 150 g/mol. The van der Waals surface area contributed by atoms with E-state index in [0.717, 1.165) is 12.8 Å². The third kappa shape index (κ3) is 1.84. The maximum atomic E-state index is 10.8. The lowest BCUT2D eigenvalue weighted by Crippen LogP contribution is -2.23. The summed E-state index contributed by atoms with van der Waals surface area (Å²) in [5.41, 5.74) is 0. The van der Waals surface area contributed by atoms with Crippen molar-refractivity contribution >= 4 is 5.78 Å². The van der Waals surface area contributed by atoms with Crippen molar-refractivity contribution in [2.45, 2.75) is 25.9 Å². The van der Waals surface area contributed by atoms with E-state index in [-0.39, 0.29) is 11.9 Å². The van der Waals surface area contributed by atoms with Gasteiger partial charge in [-0.2, -0.15) is 0 Å². The first-order valence-corrected chi connectivity index (χ1v) is 3.58. The number of terminal acetylenes is 1. The largest absolute Gasteiger partial charge is 0.475 e. The summed E-state index contributed by atoms with van der Waals surface area (Å²) >= 11 is 0. The Kier molecular flexibility index (Phi) is 2.32. The van der Waals surface area contributed by atoms with Crippen LogP contribution in [0.1, 0.15) is 19.8 Å². The molecule has 0 saturated carbocycles. The number of allylic oxidation sites excluding steroid dienone is 2.